The topological polar surface area (TPSA) is 121 Å². The molecule has 1 unspecified atom stereocenters. The van der Waals surface area contributed by atoms with Gasteiger partial charge in [0, 0.05) is 16.7 Å². The SMILES string of the molecule is C=C[C@]1(C)C[C@@H](OC(=O)COc2ccc3c(c2)B(O)NN=C3)[C@]2(C)[C@H](C)CC[C@]3(C[C@H](F)C(O)[C@H]32)[C@@H](C)[C@@H]1O. The van der Waals surface area contributed by atoms with Crippen LogP contribution in [0.5, 0.6) is 5.75 Å². The Morgan fingerprint density at radius 3 is 2.77 bits per heavy atom. The van der Waals surface area contributed by atoms with Gasteiger partial charge in [-0.3, -0.25) is 0 Å². The Hall–Kier alpha value is -2.43. The highest BCUT2D eigenvalue weighted by Gasteiger charge is 2.70. The number of hydrogen-bond acceptors (Lipinski definition) is 8. The van der Waals surface area contributed by atoms with E-state index in [0.29, 0.717) is 24.1 Å². The molecular weight excluding hydrogens is 502 g/mol. The van der Waals surface area contributed by atoms with Gasteiger partial charge in [0.25, 0.3) is 0 Å². The molecule has 0 radical (unpaired) electrons. The number of aliphatic hydroxyl groups is 2. The molecule has 8 nitrogen and oxygen atoms in total. The van der Waals surface area contributed by atoms with Crippen molar-refractivity contribution in [2.24, 2.45) is 39.1 Å². The quantitative estimate of drug-likeness (QED) is 0.256. The summed E-state index contributed by atoms with van der Waals surface area (Å²) < 4.78 is 27.2. The van der Waals surface area contributed by atoms with Gasteiger partial charge in [-0.1, -0.05) is 39.8 Å². The van der Waals surface area contributed by atoms with Gasteiger partial charge in [-0.15, -0.1) is 6.58 Å². The van der Waals surface area contributed by atoms with Crippen molar-refractivity contribution in [1.29, 1.82) is 0 Å². The Labute approximate surface area is 229 Å². The number of hydrogen-bond donors (Lipinski definition) is 4. The third kappa shape index (κ3) is 4.30. The Bertz CT molecular complexity index is 1170. The van der Waals surface area contributed by atoms with Crippen LogP contribution in [0, 0.1) is 34.0 Å². The predicted octanol–water partition coefficient (Wildman–Crippen LogP) is 2.34. The van der Waals surface area contributed by atoms with Gasteiger partial charge >= 0.3 is 13.0 Å². The van der Waals surface area contributed by atoms with Crippen molar-refractivity contribution in [2.45, 2.75) is 77.9 Å². The molecule has 0 saturated heterocycles. The number of fused-ring (bicyclic) bond motifs is 1. The summed E-state index contributed by atoms with van der Waals surface area (Å²) in [6, 6.07) is 5.08. The molecule has 2 bridgehead atoms. The fourth-order valence-electron chi connectivity index (χ4n) is 8.30. The zero-order valence-corrected chi connectivity index (χ0v) is 23.1. The first kappa shape index (κ1) is 28.1. The van der Waals surface area contributed by atoms with Gasteiger partial charge in [-0.05, 0) is 66.1 Å². The van der Waals surface area contributed by atoms with E-state index in [9.17, 15) is 20.0 Å². The van der Waals surface area contributed by atoms with E-state index in [1.54, 1.807) is 30.5 Å². The molecule has 10 heteroatoms. The van der Waals surface area contributed by atoms with Crippen LogP contribution in [0.3, 0.4) is 0 Å². The molecule has 3 aliphatic carbocycles. The summed E-state index contributed by atoms with van der Waals surface area (Å²) in [5, 5.41) is 39.4. The fraction of sp³-hybridized carbons (Fsp3) is 0.655. The number of hydrazone groups is 1. The number of ether oxygens (including phenoxy) is 2. The first-order chi connectivity index (χ1) is 18.4. The van der Waals surface area contributed by atoms with Gasteiger partial charge in [0.1, 0.15) is 18.0 Å². The van der Waals surface area contributed by atoms with Crippen molar-refractivity contribution < 1.29 is 33.9 Å². The molecule has 0 spiro atoms. The predicted molar refractivity (Wildman–Crippen MR) is 146 cm³/mol. The number of nitrogens with zero attached hydrogens (tertiary/aromatic N) is 1. The maximum atomic E-state index is 15.3. The maximum Gasteiger partial charge on any atom is 0.464 e. The minimum atomic E-state index is -1.40. The second kappa shape index (κ2) is 9.89. The van der Waals surface area contributed by atoms with Crippen molar-refractivity contribution in [3.63, 3.8) is 0 Å². The number of alkyl halides is 1. The van der Waals surface area contributed by atoms with E-state index < -0.39 is 59.7 Å². The molecule has 4 N–H and O–H groups in total. The third-order valence-corrected chi connectivity index (χ3v) is 10.9. The smallest absolute Gasteiger partial charge is 0.464 e. The highest BCUT2D eigenvalue weighted by Crippen LogP contribution is 2.69. The van der Waals surface area contributed by atoms with E-state index in [2.05, 4.69) is 23.9 Å². The van der Waals surface area contributed by atoms with Crippen LogP contribution in [0.1, 0.15) is 58.9 Å². The van der Waals surface area contributed by atoms with E-state index in [-0.39, 0.29) is 24.9 Å². The molecule has 1 heterocycles. The number of aliphatic hydroxyl groups excluding tert-OH is 2. The van der Waals surface area contributed by atoms with Gasteiger partial charge in [-0.25, -0.2) is 9.18 Å². The average Bonchev–Trinajstić information content (AvgIpc) is 3.19. The zero-order valence-electron chi connectivity index (χ0n) is 23.1. The highest BCUT2D eigenvalue weighted by atomic mass is 19.1. The fourth-order valence-corrected chi connectivity index (χ4v) is 8.30. The number of benzene rings is 1. The first-order valence-corrected chi connectivity index (χ1v) is 13.9. The molecular formula is C29H40BFN2O6. The van der Waals surface area contributed by atoms with E-state index in [1.807, 2.05) is 20.8 Å². The number of esters is 1. The molecule has 212 valence electrons. The first-order valence-electron chi connectivity index (χ1n) is 13.9. The maximum absolute atomic E-state index is 15.3. The normalized spacial score (nSPS) is 42.9. The van der Waals surface area contributed by atoms with Crippen LogP contribution < -0.4 is 15.5 Å². The van der Waals surface area contributed by atoms with Gasteiger partial charge in [0.2, 0.25) is 0 Å². The number of halogens is 1. The number of carbonyl (C=O) groups excluding carboxylic acids is 1. The van der Waals surface area contributed by atoms with Gasteiger partial charge < -0.3 is 30.0 Å². The summed E-state index contributed by atoms with van der Waals surface area (Å²) in [5.74, 6) is -0.907. The van der Waals surface area contributed by atoms with Crippen LogP contribution in [0.2, 0.25) is 0 Å². The Morgan fingerprint density at radius 1 is 1.31 bits per heavy atom. The summed E-state index contributed by atoms with van der Waals surface area (Å²) in [4.78, 5) is 13.3. The molecule has 1 aromatic rings. The monoisotopic (exact) mass is 542 g/mol. The summed E-state index contributed by atoms with van der Waals surface area (Å²) in [7, 11) is -0.981. The second-order valence-corrected chi connectivity index (χ2v) is 12.7. The lowest BCUT2D eigenvalue weighted by Gasteiger charge is -2.62. The summed E-state index contributed by atoms with van der Waals surface area (Å²) in [6.45, 7) is 11.6. The van der Waals surface area contributed by atoms with Gasteiger partial charge in [0.15, 0.2) is 6.61 Å². The van der Waals surface area contributed by atoms with E-state index >= 15 is 4.39 Å². The molecule has 3 fully saturated rings. The van der Waals surface area contributed by atoms with Crippen LogP contribution in [0.4, 0.5) is 4.39 Å². The van der Waals surface area contributed by atoms with E-state index in [4.69, 9.17) is 9.47 Å². The molecule has 4 aliphatic rings. The van der Waals surface area contributed by atoms with Crippen molar-refractivity contribution in [3.8, 4) is 5.75 Å². The molecule has 1 aliphatic heterocycles. The van der Waals surface area contributed by atoms with Crippen LogP contribution >= 0.6 is 0 Å². The lowest BCUT2D eigenvalue weighted by atomic mass is 9.43. The van der Waals surface area contributed by atoms with Crippen molar-refractivity contribution >= 4 is 24.7 Å². The molecule has 3 saturated carbocycles. The largest absolute Gasteiger partial charge is 0.482 e. The van der Waals surface area contributed by atoms with E-state index in [0.717, 1.165) is 12.0 Å². The third-order valence-electron chi connectivity index (χ3n) is 10.9. The van der Waals surface area contributed by atoms with Crippen molar-refractivity contribution in [1.82, 2.24) is 5.34 Å². The Kier molecular flexibility index (Phi) is 7.13. The van der Waals surface area contributed by atoms with Gasteiger partial charge in [-0.2, -0.15) is 5.10 Å². The second-order valence-electron chi connectivity index (χ2n) is 12.7. The van der Waals surface area contributed by atoms with Crippen LogP contribution in [0.25, 0.3) is 0 Å². The Morgan fingerprint density at radius 2 is 2.05 bits per heavy atom. The summed E-state index contributed by atoms with van der Waals surface area (Å²) in [5.41, 5.74) is -0.812. The number of nitrogens with one attached hydrogen (secondary N) is 1. The number of carbonyl (C=O) groups is 1. The standard InChI is InChI=1S/C29H40BFN2O6/c1-6-27(4)13-22(39-23(34)15-38-19-8-7-18-14-32-33-30(37)20(18)11-19)28(5)16(2)9-10-29(17(3)26(27)36)12-21(31)24(35)25(28)29/h6-8,11,14,16-17,21-22,24-26,33,35-37H,1,9-10,12-13,15H2,2-5H3/t16-,17+,21+,22-,24?,25+,26+,27-,28+,29+/m1/s1. The number of rotatable bonds is 5. The van der Waals surface area contributed by atoms with Crippen molar-refractivity contribution in [3.05, 3.63) is 36.4 Å². The average molecular weight is 542 g/mol. The highest BCUT2D eigenvalue weighted by molar-refractivity contribution is 6.65. The molecule has 0 aromatic heterocycles. The lowest BCUT2D eigenvalue weighted by Crippen LogP contribution is -2.63. The Balaban J connectivity index is 1.44. The molecule has 10 atom stereocenters. The molecule has 5 rings (SSSR count). The summed E-state index contributed by atoms with van der Waals surface area (Å²) >= 11 is 0. The minimum Gasteiger partial charge on any atom is -0.482 e. The van der Waals surface area contributed by atoms with Crippen LogP contribution in [-0.2, 0) is 9.53 Å². The minimum absolute atomic E-state index is 0.0436. The van der Waals surface area contributed by atoms with Crippen LogP contribution in [0.15, 0.2) is 36.0 Å². The van der Waals surface area contributed by atoms with E-state index in [1.165, 1.54) is 0 Å². The van der Waals surface area contributed by atoms with Gasteiger partial charge in [0.05, 0.1) is 18.4 Å². The summed E-state index contributed by atoms with van der Waals surface area (Å²) in [6.07, 6.45) is 1.12. The van der Waals surface area contributed by atoms with Crippen molar-refractivity contribution in [2.75, 3.05) is 6.61 Å². The molecule has 1 aromatic carbocycles. The lowest BCUT2D eigenvalue weighted by molar-refractivity contribution is -0.220. The van der Waals surface area contributed by atoms with Crippen LogP contribution in [-0.4, -0.2) is 65.6 Å². The molecule has 39 heavy (non-hydrogen) atoms. The molecule has 0 amide bonds. The zero-order chi connectivity index (χ0) is 28.3.